The number of amides is 2. The van der Waals surface area contributed by atoms with Crippen LogP contribution < -0.4 is 10.6 Å². The summed E-state index contributed by atoms with van der Waals surface area (Å²) in [6.07, 6.45) is 1.16. The molecule has 2 amide bonds. The van der Waals surface area contributed by atoms with Crippen molar-refractivity contribution >= 4 is 28.5 Å². The number of fused-ring (bicyclic) bond motifs is 2. The summed E-state index contributed by atoms with van der Waals surface area (Å²) in [7, 11) is 0. The standard InChI is InChI=1S/C38H36N4O6/c43-23-24-12-14-25(15-13-24)34-21-29(22-40-18-16-27(17-19-40)41-33-11-4-3-10-32(33)39-38(41)46)47-37(48-34)26-6-5-7-28(20-26)42-35(44)30-8-1-2-9-31(30)36(42)45/h1-15,20,27,29,34,37,43H,16-19,21-23H2,(H,39,46)/t29-,34+,37+/m0/s1. The molecule has 0 aliphatic carbocycles. The van der Waals surface area contributed by atoms with E-state index in [-0.39, 0.29) is 42.4 Å². The van der Waals surface area contributed by atoms with Crippen LogP contribution in [0.5, 0.6) is 0 Å². The van der Waals surface area contributed by atoms with Crippen molar-refractivity contribution in [2.75, 3.05) is 24.5 Å². The van der Waals surface area contributed by atoms with Crippen molar-refractivity contribution in [3.8, 4) is 0 Å². The number of imide groups is 1. The van der Waals surface area contributed by atoms with Gasteiger partial charge < -0.3 is 24.5 Å². The quantitative estimate of drug-likeness (QED) is 0.225. The molecule has 3 atom stereocenters. The molecule has 5 aromatic rings. The fraction of sp³-hybridized carbons (Fsp3) is 0.289. The Morgan fingerprint density at radius 2 is 1.48 bits per heavy atom. The van der Waals surface area contributed by atoms with Crippen molar-refractivity contribution in [1.82, 2.24) is 14.5 Å². The molecule has 0 saturated carbocycles. The lowest BCUT2D eigenvalue weighted by molar-refractivity contribution is -0.253. The highest BCUT2D eigenvalue weighted by Crippen LogP contribution is 2.40. The van der Waals surface area contributed by atoms with Crippen molar-refractivity contribution < 1.29 is 24.2 Å². The number of carbonyl (C=O) groups excluding carboxylic acids is 2. The number of aromatic amines is 1. The smallest absolute Gasteiger partial charge is 0.326 e. The van der Waals surface area contributed by atoms with Crippen LogP contribution in [0.2, 0.25) is 0 Å². The van der Waals surface area contributed by atoms with Gasteiger partial charge in [0.15, 0.2) is 6.29 Å². The number of ether oxygens (including phenoxy) is 2. The van der Waals surface area contributed by atoms with Crippen LogP contribution >= 0.6 is 0 Å². The van der Waals surface area contributed by atoms with Crippen molar-refractivity contribution in [3.05, 3.63) is 135 Å². The minimum Gasteiger partial charge on any atom is -0.392 e. The molecule has 4 aromatic carbocycles. The van der Waals surface area contributed by atoms with Crippen LogP contribution in [0.1, 0.15) is 75.1 Å². The molecule has 4 heterocycles. The minimum absolute atomic E-state index is 0.0363. The Hall–Kier alpha value is -4.87. The molecule has 48 heavy (non-hydrogen) atoms. The number of nitrogens with zero attached hydrogens (tertiary/aromatic N) is 3. The summed E-state index contributed by atoms with van der Waals surface area (Å²) in [5, 5.41) is 9.58. The van der Waals surface area contributed by atoms with E-state index < -0.39 is 6.29 Å². The number of rotatable bonds is 7. The Morgan fingerprint density at radius 3 is 2.21 bits per heavy atom. The van der Waals surface area contributed by atoms with Crippen LogP contribution in [-0.2, 0) is 16.1 Å². The highest BCUT2D eigenvalue weighted by molar-refractivity contribution is 6.34. The average molecular weight is 645 g/mol. The number of carbonyl (C=O) groups is 2. The normalized spacial score (nSPS) is 22.0. The molecular weight excluding hydrogens is 608 g/mol. The van der Waals surface area contributed by atoms with E-state index in [0.717, 1.165) is 48.1 Å². The Kier molecular flexibility index (Phi) is 8.01. The van der Waals surface area contributed by atoms with Gasteiger partial charge in [-0.1, -0.05) is 60.7 Å². The fourth-order valence-electron chi connectivity index (χ4n) is 7.35. The number of anilines is 1. The van der Waals surface area contributed by atoms with E-state index in [4.69, 9.17) is 9.47 Å². The predicted octanol–water partition coefficient (Wildman–Crippen LogP) is 5.51. The van der Waals surface area contributed by atoms with Crippen LogP contribution in [0, 0.1) is 0 Å². The van der Waals surface area contributed by atoms with Crippen LogP contribution in [0.25, 0.3) is 11.0 Å². The Balaban J connectivity index is 1.02. The van der Waals surface area contributed by atoms with E-state index >= 15 is 0 Å². The zero-order chi connectivity index (χ0) is 32.8. The van der Waals surface area contributed by atoms with Crippen molar-refractivity contribution in [1.29, 1.82) is 0 Å². The third kappa shape index (κ3) is 5.56. The molecule has 10 heteroatoms. The van der Waals surface area contributed by atoms with Gasteiger partial charge in [-0.05, 0) is 60.4 Å². The van der Waals surface area contributed by atoms with Gasteiger partial charge in [0.2, 0.25) is 0 Å². The summed E-state index contributed by atoms with van der Waals surface area (Å²) in [5.74, 6) is -0.701. The first-order chi connectivity index (χ1) is 23.5. The number of para-hydroxylation sites is 2. The lowest BCUT2D eigenvalue weighted by atomic mass is 9.98. The van der Waals surface area contributed by atoms with Gasteiger partial charge in [-0.2, -0.15) is 0 Å². The average Bonchev–Trinajstić information content (AvgIpc) is 3.60. The molecule has 1 aromatic heterocycles. The summed E-state index contributed by atoms with van der Waals surface area (Å²) in [6, 6.07) is 29.8. The first kappa shape index (κ1) is 30.5. The number of H-pyrrole nitrogens is 1. The zero-order valence-corrected chi connectivity index (χ0v) is 26.3. The largest absolute Gasteiger partial charge is 0.392 e. The molecule has 8 rings (SSSR count). The van der Waals surface area contributed by atoms with Crippen molar-refractivity contribution in [3.63, 3.8) is 0 Å². The number of hydrogen-bond donors (Lipinski definition) is 2. The monoisotopic (exact) mass is 644 g/mol. The molecule has 0 unspecified atom stereocenters. The summed E-state index contributed by atoms with van der Waals surface area (Å²) in [4.78, 5) is 45.9. The van der Waals surface area contributed by atoms with Gasteiger partial charge in [0.1, 0.15) is 0 Å². The molecule has 2 saturated heterocycles. The maximum Gasteiger partial charge on any atom is 0.326 e. The van der Waals surface area contributed by atoms with Crippen LogP contribution in [0.3, 0.4) is 0 Å². The number of aromatic nitrogens is 2. The predicted molar refractivity (Wildman–Crippen MR) is 180 cm³/mol. The molecule has 2 N–H and O–H groups in total. The van der Waals surface area contributed by atoms with Gasteiger partial charge in [-0.3, -0.25) is 14.2 Å². The zero-order valence-electron chi connectivity index (χ0n) is 26.3. The van der Waals surface area contributed by atoms with E-state index in [1.54, 1.807) is 36.4 Å². The Labute approximate surface area is 277 Å². The lowest BCUT2D eigenvalue weighted by Crippen LogP contribution is -2.43. The van der Waals surface area contributed by atoms with Gasteiger partial charge in [-0.25, -0.2) is 9.69 Å². The highest BCUT2D eigenvalue weighted by atomic mass is 16.7. The van der Waals surface area contributed by atoms with Crippen LogP contribution in [0.15, 0.2) is 102 Å². The summed E-state index contributed by atoms with van der Waals surface area (Å²) >= 11 is 0. The van der Waals surface area contributed by atoms with Gasteiger partial charge >= 0.3 is 5.69 Å². The van der Waals surface area contributed by atoms with Gasteiger partial charge in [0.25, 0.3) is 11.8 Å². The molecule has 0 spiro atoms. The second-order valence-electron chi connectivity index (χ2n) is 12.8. The molecule has 3 aliphatic heterocycles. The molecular formula is C38H36N4O6. The lowest BCUT2D eigenvalue weighted by Gasteiger charge is -2.40. The number of nitrogens with one attached hydrogen (secondary N) is 1. The van der Waals surface area contributed by atoms with Crippen molar-refractivity contribution in [2.24, 2.45) is 0 Å². The topological polar surface area (TPSA) is 117 Å². The maximum absolute atomic E-state index is 13.2. The SMILES string of the molecule is O=C1c2ccccc2C(=O)N1c1cccc([C@@H]2O[C@H](CN3CCC(n4c(=O)[nH]c5ccccc54)CC3)C[C@H](c3ccc(CO)cc3)O2)c1. The summed E-state index contributed by atoms with van der Waals surface area (Å²) < 4.78 is 15.1. The number of aliphatic hydroxyl groups excluding tert-OH is 1. The number of benzene rings is 4. The second-order valence-corrected chi connectivity index (χ2v) is 12.8. The number of likely N-dealkylation sites (tertiary alicyclic amines) is 1. The number of imidazole rings is 1. The van der Waals surface area contributed by atoms with Crippen LogP contribution in [0.4, 0.5) is 5.69 Å². The molecule has 244 valence electrons. The van der Waals surface area contributed by atoms with Crippen LogP contribution in [-0.4, -0.2) is 57.1 Å². The second kappa shape index (κ2) is 12.6. The Bertz CT molecular complexity index is 2010. The van der Waals surface area contributed by atoms with E-state index in [0.29, 0.717) is 35.3 Å². The Morgan fingerprint density at radius 1 is 0.771 bits per heavy atom. The molecule has 0 radical (unpaired) electrons. The van der Waals surface area contributed by atoms with E-state index in [9.17, 15) is 19.5 Å². The van der Waals surface area contributed by atoms with E-state index in [1.165, 1.54) is 4.90 Å². The molecule has 10 nitrogen and oxygen atoms in total. The minimum atomic E-state index is -0.733. The number of hydrogen-bond acceptors (Lipinski definition) is 7. The third-order valence-corrected chi connectivity index (χ3v) is 9.82. The fourth-order valence-corrected chi connectivity index (χ4v) is 7.35. The van der Waals surface area contributed by atoms with E-state index in [2.05, 4.69) is 9.88 Å². The van der Waals surface area contributed by atoms with Crippen molar-refractivity contribution in [2.45, 2.75) is 50.4 Å². The number of piperidine rings is 1. The van der Waals surface area contributed by atoms with Gasteiger partial charge in [0.05, 0.1) is 46.7 Å². The molecule has 3 aliphatic rings. The third-order valence-electron chi connectivity index (χ3n) is 9.82. The van der Waals surface area contributed by atoms with Gasteiger partial charge in [-0.15, -0.1) is 0 Å². The summed E-state index contributed by atoms with van der Waals surface area (Å²) in [5.41, 5.74) is 5.50. The molecule has 2 fully saturated rings. The number of aliphatic hydroxyl groups is 1. The maximum atomic E-state index is 13.2. The first-order valence-electron chi connectivity index (χ1n) is 16.5. The first-order valence-corrected chi connectivity index (χ1v) is 16.5. The molecule has 0 bridgehead atoms. The van der Waals surface area contributed by atoms with E-state index in [1.807, 2.05) is 65.2 Å². The highest BCUT2D eigenvalue weighted by Gasteiger charge is 2.38. The summed E-state index contributed by atoms with van der Waals surface area (Å²) in [6.45, 7) is 2.31. The van der Waals surface area contributed by atoms with Gasteiger partial charge in [0, 0.05) is 37.7 Å².